The molecule has 2 saturated heterocycles. The number of rotatable bonds is 8. The molecule has 2 fully saturated rings. The first-order chi connectivity index (χ1) is 19.3. The van der Waals surface area contributed by atoms with Crippen molar-refractivity contribution in [3.63, 3.8) is 0 Å². The van der Waals surface area contributed by atoms with Gasteiger partial charge in [0.1, 0.15) is 17.5 Å². The molecule has 10 nitrogen and oxygen atoms in total. The van der Waals surface area contributed by atoms with Gasteiger partial charge in [-0.3, -0.25) is 0 Å². The quantitative estimate of drug-likeness (QED) is 0.324. The van der Waals surface area contributed by atoms with Crippen molar-refractivity contribution in [2.45, 2.75) is 39.5 Å². The van der Waals surface area contributed by atoms with Crippen LogP contribution in [0.4, 0.5) is 23.1 Å². The van der Waals surface area contributed by atoms with Crippen LogP contribution in [0.1, 0.15) is 55.6 Å². The fraction of sp³-hybridized carbons (Fsp3) is 0.400. The lowest BCUT2D eigenvalue weighted by atomic mass is 9.92. The monoisotopic (exact) mass is 538 g/mol. The van der Waals surface area contributed by atoms with Gasteiger partial charge in [-0.15, -0.1) is 0 Å². The van der Waals surface area contributed by atoms with Crippen LogP contribution < -0.4 is 15.1 Å². The second kappa shape index (κ2) is 11.7. The number of aromatic nitrogens is 3. The molecule has 0 unspecified atom stereocenters. The number of hydrogen-bond acceptors (Lipinski definition) is 9. The Hall–Kier alpha value is -4.52. The Balaban J connectivity index is 1.54. The van der Waals surface area contributed by atoms with E-state index in [0.29, 0.717) is 28.2 Å². The minimum absolute atomic E-state index is 0.0872. The first kappa shape index (κ1) is 27.1. The van der Waals surface area contributed by atoms with E-state index in [1.54, 1.807) is 12.4 Å². The van der Waals surface area contributed by atoms with Crippen LogP contribution in [0.3, 0.4) is 0 Å². The SMILES string of the molecule is CC(C)C(=N)c1c(-c2ccc(N3CCC(C#N)CC3)nc2)cc(C(=O)O)nc1Nc1ccnc(N2CCCC2)c1. The summed E-state index contributed by atoms with van der Waals surface area (Å²) in [4.78, 5) is 30.2. The maximum atomic E-state index is 12.1. The fourth-order valence-corrected chi connectivity index (χ4v) is 5.26. The van der Waals surface area contributed by atoms with Gasteiger partial charge in [-0.25, -0.2) is 19.7 Å². The first-order valence-electron chi connectivity index (χ1n) is 13.8. The molecular formula is C30H34N8O2. The minimum atomic E-state index is -1.15. The van der Waals surface area contributed by atoms with Gasteiger partial charge in [0.15, 0.2) is 5.69 Å². The van der Waals surface area contributed by atoms with Crippen LogP contribution in [-0.4, -0.2) is 57.9 Å². The highest BCUT2D eigenvalue weighted by molar-refractivity contribution is 6.10. The molecule has 0 atom stereocenters. The Bertz CT molecular complexity index is 1430. The number of carboxylic acid groups (broad SMARTS) is 1. The van der Waals surface area contributed by atoms with E-state index < -0.39 is 5.97 Å². The molecule has 3 aromatic rings. The predicted molar refractivity (Wildman–Crippen MR) is 156 cm³/mol. The Morgan fingerprint density at radius 3 is 2.42 bits per heavy atom. The van der Waals surface area contributed by atoms with Crippen molar-refractivity contribution in [3.05, 3.63) is 54.0 Å². The van der Waals surface area contributed by atoms with Gasteiger partial charge in [-0.1, -0.05) is 13.8 Å². The fourth-order valence-electron chi connectivity index (χ4n) is 5.26. The van der Waals surface area contributed by atoms with Crippen molar-refractivity contribution < 1.29 is 9.90 Å². The largest absolute Gasteiger partial charge is 0.477 e. The molecule has 0 radical (unpaired) electrons. The number of aromatic carboxylic acids is 1. The molecule has 2 aliphatic rings. The van der Waals surface area contributed by atoms with E-state index in [1.807, 2.05) is 38.1 Å². The molecule has 206 valence electrons. The highest BCUT2D eigenvalue weighted by Gasteiger charge is 2.24. The van der Waals surface area contributed by atoms with Crippen LogP contribution in [0.25, 0.3) is 11.1 Å². The number of nitriles is 1. The molecule has 3 N–H and O–H groups in total. The average Bonchev–Trinajstić information content (AvgIpc) is 3.52. The number of piperidine rings is 1. The van der Waals surface area contributed by atoms with E-state index in [0.717, 1.165) is 69.2 Å². The van der Waals surface area contributed by atoms with Crippen LogP contribution in [-0.2, 0) is 0 Å². The van der Waals surface area contributed by atoms with E-state index in [4.69, 9.17) is 5.41 Å². The summed E-state index contributed by atoms with van der Waals surface area (Å²) in [7, 11) is 0. The van der Waals surface area contributed by atoms with Crippen LogP contribution in [0.15, 0.2) is 42.7 Å². The lowest BCUT2D eigenvalue weighted by molar-refractivity contribution is 0.0690. The number of pyridine rings is 3. The minimum Gasteiger partial charge on any atom is -0.477 e. The van der Waals surface area contributed by atoms with Crippen LogP contribution in [0, 0.1) is 28.6 Å². The molecule has 5 heterocycles. The van der Waals surface area contributed by atoms with Crippen molar-refractivity contribution in [3.8, 4) is 17.2 Å². The second-order valence-corrected chi connectivity index (χ2v) is 10.7. The molecule has 0 aromatic carbocycles. The van der Waals surface area contributed by atoms with Crippen molar-refractivity contribution in [2.75, 3.05) is 41.3 Å². The molecular weight excluding hydrogens is 504 g/mol. The van der Waals surface area contributed by atoms with Gasteiger partial charge in [0.2, 0.25) is 0 Å². The van der Waals surface area contributed by atoms with Crippen molar-refractivity contribution in [2.24, 2.45) is 11.8 Å². The summed E-state index contributed by atoms with van der Waals surface area (Å²) in [6.45, 7) is 7.32. The van der Waals surface area contributed by atoms with Gasteiger partial charge < -0.3 is 25.6 Å². The molecule has 10 heteroatoms. The third kappa shape index (κ3) is 5.73. The van der Waals surface area contributed by atoms with Crippen LogP contribution >= 0.6 is 0 Å². The second-order valence-electron chi connectivity index (χ2n) is 10.7. The third-order valence-electron chi connectivity index (χ3n) is 7.58. The van der Waals surface area contributed by atoms with Crippen LogP contribution in [0.5, 0.6) is 0 Å². The molecule has 3 aromatic heterocycles. The zero-order chi connectivity index (χ0) is 28.2. The smallest absolute Gasteiger partial charge is 0.354 e. The lowest BCUT2D eigenvalue weighted by Crippen LogP contribution is -2.33. The maximum absolute atomic E-state index is 12.1. The Morgan fingerprint density at radius 1 is 1.07 bits per heavy atom. The average molecular weight is 539 g/mol. The highest BCUT2D eigenvalue weighted by Crippen LogP contribution is 2.34. The molecule has 0 bridgehead atoms. The van der Waals surface area contributed by atoms with Gasteiger partial charge in [0.05, 0.1) is 6.07 Å². The van der Waals surface area contributed by atoms with Gasteiger partial charge >= 0.3 is 5.97 Å². The first-order valence-corrected chi connectivity index (χ1v) is 13.8. The number of nitrogens with zero attached hydrogens (tertiary/aromatic N) is 6. The van der Waals surface area contributed by atoms with Gasteiger partial charge in [0, 0.05) is 73.1 Å². The molecule has 5 rings (SSSR count). The van der Waals surface area contributed by atoms with E-state index in [1.165, 1.54) is 6.07 Å². The number of hydrogen-bond donors (Lipinski definition) is 3. The van der Waals surface area contributed by atoms with Crippen LogP contribution in [0.2, 0.25) is 0 Å². The van der Waals surface area contributed by atoms with E-state index in [-0.39, 0.29) is 17.5 Å². The molecule has 0 spiro atoms. The highest BCUT2D eigenvalue weighted by atomic mass is 16.4. The zero-order valence-corrected chi connectivity index (χ0v) is 22.9. The summed E-state index contributed by atoms with van der Waals surface area (Å²) in [6.07, 6.45) is 7.34. The summed E-state index contributed by atoms with van der Waals surface area (Å²) < 4.78 is 0. The number of carboxylic acids is 1. The van der Waals surface area contributed by atoms with E-state index in [2.05, 4.69) is 36.1 Å². The van der Waals surface area contributed by atoms with Crippen molar-refractivity contribution in [1.82, 2.24) is 15.0 Å². The molecule has 2 aliphatic heterocycles. The Morgan fingerprint density at radius 2 is 1.80 bits per heavy atom. The Labute approximate surface area is 234 Å². The summed E-state index contributed by atoms with van der Waals surface area (Å²) in [5.74, 6) is 0.806. The van der Waals surface area contributed by atoms with E-state index in [9.17, 15) is 15.2 Å². The number of carbonyl (C=O) groups is 1. The standard InChI is InChI=1S/C30H34N8O2/c1-19(2)28(32)27-23(21-5-6-25(34-18-21)38-13-8-20(17-31)9-14-38)16-24(30(39)40)36-29(27)35-22-7-10-33-26(15-22)37-11-3-4-12-37/h5-7,10,15-16,18-20,32H,3-4,8-9,11-14H2,1-2H3,(H,39,40)(H,33,35,36). The predicted octanol–water partition coefficient (Wildman–Crippen LogP) is 5.34. The third-order valence-corrected chi connectivity index (χ3v) is 7.58. The van der Waals surface area contributed by atoms with Crippen molar-refractivity contribution in [1.29, 1.82) is 10.7 Å². The summed E-state index contributed by atoms with van der Waals surface area (Å²) >= 11 is 0. The summed E-state index contributed by atoms with van der Waals surface area (Å²) in [5.41, 5.74) is 2.79. The van der Waals surface area contributed by atoms with E-state index >= 15 is 0 Å². The number of nitrogens with one attached hydrogen (secondary N) is 2. The van der Waals surface area contributed by atoms with Gasteiger partial charge in [-0.2, -0.15) is 5.26 Å². The summed E-state index contributed by atoms with van der Waals surface area (Å²) in [5, 5.41) is 31.4. The number of anilines is 4. The molecule has 0 saturated carbocycles. The van der Waals surface area contributed by atoms with Crippen molar-refractivity contribution >= 4 is 34.8 Å². The molecule has 0 aliphatic carbocycles. The maximum Gasteiger partial charge on any atom is 0.354 e. The lowest BCUT2D eigenvalue weighted by Gasteiger charge is -2.30. The summed E-state index contributed by atoms with van der Waals surface area (Å²) in [6, 6.07) is 11.5. The molecule has 0 amide bonds. The van der Waals surface area contributed by atoms with Gasteiger partial charge in [-0.05, 0) is 61.4 Å². The topological polar surface area (TPSA) is 142 Å². The normalized spacial score (nSPS) is 15.8. The van der Waals surface area contributed by atoms with Gasteiger partial charge in [0.25, 0.3) is 0 Å². The zero-order valence-electron chi connectivity index (χ0n) is 22.9. The Kier molecular flexibility index (Phi) is 7.91. The molecule has 40 heavy (non-hydrogen) atoms.